The highest BCUT2D eigenvalue weighted by atomic mass is 79.9. The Balaban J connectivity index is 1.83. The summed E-state index contributed by atoms with van der Waals surface area (Å²) < 4.78 is 6.06. The number of benzene rings is 1. The van der Waals surface area contributed by atoms with Crippen molar-refractivity contribution < 1.29 is 19.4 Å². The number of piperidine rings is 1. The number of aliphatic carboxylic acids is 1. The second kappa shape index (κ2) is 7.63. The van der Waals surface area contributed by atoms with Gasteiger partial charge in [0, 0.05) is 19.5 Å². The van der Waals surface area contributed by atoms with Gasteiger partial charge in [0.1, 0.15) is 5.75 Å². The lowest BCUT2D eigenvalue weighted by molar-refractivity contribution is -0.145. The van der Waals surface area contributed by atoms with Crippen molar-refractivity contribution in [2.24, 2.45) is 5.92 Å². The van der Waals surface area contributed by atoms with Gasteiger partial charge >= 0.3 is 5.97 Å². The summed E-state index contributed by atoms with van der Waals surface area (Å²) in [7, 11) is 1.62. The Kier molecular flexibility index (Phi) is 5.83. The van der Waals surface area contributed by atoms with Crippen LogP contribution in [0.1, 0.15) is 24.8 Å². The third-order valence-corrected chi connectivity index (χ3v) is 4.66. The molecule has 6 heteroatoms. The molecule has 1 fully saturated rings. The van der Waals surface area contributed by atoms with Gasteiger partial charge < -0.3 is 14.7 Å². The molecule has 2 rings (SSSR count). The number of rotatable bonds is 5. The average molecular weight is 370 g/mol. The van der Waals surface area contributed by atoms with Crippen molar-refractivity contribution in [2.45, 2.75) is 25.7 Å². The molecule has 120 valence electrons. The van der Waals surface area contributed by atoms with Gasteiger partial charge in [0.25, 0.3) is 0 Å². The molecule has 1 aromatic carbocycles. The summed E-state index contributed by atoms with van der Waals surface area (Å²) in [5.41, 5.74) is 1.07. The Hall–Kier alpha value is -1.56. The van der Waals surface area contributed by atoms with Crippen LogP contribution in [0.3, 0.4) is 0 Å². The highest BCUT2D eigenvalue weighted by Gasteiger charge is 2.26. The maximum absolute atomic E-state index is 12.2. The topological polar surface area (TPSA) is 66.8 Å². The van der Waals surface area contributed by atoms with Gasteiger partial charge in [-0.25, -0.2) is 0 Å². The Morgan fingerprint density at radius 3 is 2.59 bits per heavy atom. The molecule has 0 spiro atoms. The molecule has 1 aromatic rings. The Labute approximate surface area is 138 Å². The van der Waals surface area contributed by atoms with Crippen LogP contribution in [0.4, 0.5) is 0 Å². The Bertz CT molecular complexity index is 553. The van der Waals surface area contributed by atoms with Gasteiger partial charge in [0.15, 0.2) is 0 Å². The molecule has 0 bridgehead atoms. The molecular weight excluding hydrogens is 350 g/mol. The van der Waals surface area contributed by atoms with E-state index >= 15 is 0 Å². The van der Waals surface area contributed by atoms with Crippen molar-refractivity contribution in [3.63, 3.8) is 0 Å². The normalized spacial score (nSPS) is 15.6. The van der Waals surface area contributed by atoms with Crippen molar-refractivity contribution in [1.29, 1.82) is 0 Å². The maximum Gasteiger partial charge on any atom is 0.306 e. The molecule has 0 aliphatic carbocycles. The number of likely N-dealkylation sites (tertiary alicyclic amines) is 1. The van der Waals surface area contributed by atoms with Crippen LogP contribution in [0, 0.1) is 5.92 Å². The number of carboxylic acids is 1. The van der Waals surface area contributed by atoms with Crippen LogP contribution in [0.15, 0.2) is 22.7 Å². The van der Waals surface area contributed by atoms with E-state index in [0.717, 1.165) is 15.8 Å². The fourth-order valence-corrected chi connectivity index (χ4v) is 3.24. The molecule has 0 atom stereocenters. The smallest absolute Gasteiger partial charge is 0.306 e. The minimum Gasteiger partial charge on any atom is -0.496 e. The van der Waals surface area contributed by atoms with E-state index in [1.165, 1.54) is 0 Å². The summed E-state index contributed by atoms with van der Waals surface area (Å²) in [5.74, 6) is -0.196. The largest absolute Gasteiger partial charge is 0.496 e. The fraction of sp³-hybridized carbons (Fsp3) is 0.500. The summed E-state index contributed by atoms with van der Waals surface area (Å²) >= 11 is 3.44. The second-order valence-corrected chi connectivity index (χ2v) is 6.32. The number of aryl methyl sites for hydroxylation is 1. The van der Waals surface area contributed by atoms with Crippen molar-refractivity contribution in [1.82, 2.24) is 4.90 Å². The third-order valence-electron chi connectivity index (χ3n) is 4.04. The number of carbonyl (C=O) groups excluding carboxylic acids is 1. The number of hydrogen-bond donors (Lipinski definition) is 1. The minimum absolute atomic E-state index is 0.0933. The van der Waals surface area contributed by atoms with Crippen molar-refractivity contribution >= 4 is 27.8 Å². The fourth-order valence-electron chi connectivity index (χ4n) is 2.65. The number of hydrogen-bond acceptors (Lipinski definition) is 3. The van der Waals surface area contributed by atoms with Gasteiger partial charge in [-0.2, -0.15) is 0 Å². The predicted octanol–water partition coefficient (Wildman–Crippen LogP) is 2.71. The van der Waals surface area contributed by atoms with E-state index in [-0.39, 0.29) is 11.8 Å². The highest BCUT2D eigenvalue weighted by Crippen LogP contribution is 2.26. The number of carboxylic acid groups (broad SMARTS) is 1. The summed E-state index contributed by atoms with van der Waals surface area (Å²) in [4.78, 5) is 24.9. The lowest BCUT2D eigenvalue weighted by Gasteiger charge is -2.30. The molecular formula is C16H20BrNO4. The van der Waals surface area contributed by atoms with Gasteiger partial charge in [-0.15, -0.1) is 0 Å². The Morgan fingerprint density at radius 1 is 1.36 bits per heavy atom. The zero-order valence-electron chi connectivity index (χ0n) is 12.5. The van der Waals surface area contributed by atoms with Gasteiger partial charge in [0.05, 0.1) is 17.5 Å². The lowest BCUT2D eigenvalue weighted by Crippen LogP contribution is -2.40. The number of nitrogens with zero attached hydrogens (tertiary/aromatic N) is 1. The summed E-state index contributed by atoms with van der Waals surface area (Å²) in [6, 6.07) is 5.79. The minimum atomic E-state index is -0.754. The summed E-state index contributed by atoms with van der Waals surface area (Å²) in [6.45, 7) is 1.09. The van der Waals surface area contributed by atoms with Gasteiger partial charge in [-0.05, 0) is 52.9 Å². The molecule has 1 N–H and O–H groups in total. The molecule has 1 saturated heterocycles. The number of halogens is 1. The zero-order chi connectivity index (χ0) is 16.1. The van der Waals surface area contributed by atoms with Crippen molar-refractivity contribution in [2.75, 3.05) is 20.2 Å². The lowest BCUT2D eigenvalue weighted by atomic mass is 9.96. The summed E-state index contributed by atoms with van der Waals surface area (Å²) in [5, 5.41) is 8.97. The van der Waals surface area contributed by atoms with Crippen LogP contribution in [-0.4, -0.2) is 42.1 Å². The van der Waals surface area contributed by atoms with Crippen LogP contribution < -0.4 is 4.74 Å². The predicted molar refractivity (Wildman–Crippen MR) is 86.0 cm³/mol. The van der Waals surface area contributed by atoms with E-state index < -0.39 is 5.97 Å². The van der Waals surface area contributed by atoms with Gasteiger partial charge in [-0.3, -0.25) is 9.59 Å². The first kappa shape index (κ1) is 16.8. The van der Waals surface area contributed by atoms with E-state index in [4.69, 9.17) is 9.84 Å². The summed E-state index contributed by atoms with van der Waals surface area (Å²) in [6.07, 6.45) is 2.21. The van der Waals surface area contributed by atoms with Crippen LogP contribution >= 0.6 is 15.9 Å². The second-order valence-electron chi connectivity index (χ2n) is 5.46. The first-order valence-corrected chi connectivity index (χ1v) is 8.13. The van der Waals surface area contributed by atoms with E-state index in [1.807, 2.05) is 18.2 Å². The van der Waals surface area contributed by atoms with Crippen LogP contribution in [0.25, 0.3) is 0 Å². The van der Waals surface area contributed by atoms with Gasteiger partial charge in [-0.1, -0.05) is 6.07 Å². The molecule has 1 aliphatic heterocycles. The number of methoxy groups -OCH3 is 1. The van der Waals surface area contributed by atoms with Crippen molar-refractivity contribution in [3.05, 3.63) is 28.2 Å². The highest BCUT2D eigenvalue weighted by molar-refractivity contribution is 9.10. The van der Waals surface area contributed by atoms with Gasteiger partial charge in [0.2, 0.25) is 5.91 Å². The molecule has 0 unspecified atom stereocenters. The molecule has 1 amide bonds. The van der Waals surface area contributed by atoms with Crippen LogP contribution in [0.5, 0.6) is 5.75 Å². The molecule has 1 heterocycles. The molecule has 1 aliphatic rings. The molecule has 0 aromatic heterocycles. The standard InChI is InChI=1S/C16H20BrNO4/c1-22-14-4-2-11(10-13(14)17)3-5-15(19)18-8-6-12(7-9-18)16(20)21/h2,4,10,12H,3,5-9H2,1H3,(H,20,21). The average Bonchev–Trinajstić information content (AvgIpc) is 2.52. The van der Waals surface area contributed by atoms with Crippen LogP contribution in [0.2, 0.25) is 0 Å². The van der Waals surface area contributed by atoms with Crippen LogP contribution in [-0.2, 0) is 16.0 Å². The number of carbonyl (C=O) groups is 2. The quantitative estimate of drug-likeness (QED) is 0.866. The van der Waals surface area contributed by atoms with E-state index in [1.54, 1.807) is 12.0 Å². The maximum atomic E-state index is 12.2. The molecule has 22 heavy (non-hydrogen) atoms. The first-order valence-electron chi connectivity index (χ1n) is 7.34. The molecule has 5 nitrogen and oxygen atoms in total. The zero-order valence-corrected chi connectivity index (χ0v) is 14.1. The SMILES string of the molecule is COc1ccc(CCC(=O)N2CCC(C(=O)O)CC2)cc1Br. The van der Waals surface area contributed by atoms with E-state index in [9.17, 15) is 9.59 Å². The first-order chi connectivity index (χ1) is 10.5. The van der Waals surface area contributed by atoms with E-state index in [0.29, 0.717) is 38.8 Å². The monoisotopic (exact) mass is 369 g/mol. The number of amides is 1. The third kappa shape index (κ3) is 4.22. The van der Waals surface area contributed by atoms with Crippen molar-refractivity contribution in [3.8, 4) is 5.75 Å². The Morgan fingerprint density at radius 2 is 2.05 bits per heavy atom. The molecule has 0 radical (unpaired) electrons. The van der Waals surface area contributed by atoms with E-state index in [2.05, 4.69) is 15.9 Å². The number of ether oxygens (including phenoxy) is 1. The molecule has 0 saturated carbocycles.